The Hall–Kier alpha value is -1.27. The maximum Gasteiger partial charge on any atom is 0.131 e. The number of hydrogen-bond donors (Lipinski definition) is 1. The first kappa shape index (κ1) is 12.2. The fourth-order valence-electron chi connectivity index (χ4n) is 2.04. The number of rotatable bonds is 0. The van der Waals surface area contributed by atoms with Crippen molar-refractivity contribution in [3.05, 3.63) is 17.7 Å². The summed E-state index contributed by atoms with van der Waals surface area (Å²) in [5.41, 5.74) is 0.957. The van der Waals surface area contributed by atoms with Gasteiger partial charge in [0.1, 0.15) is 11.5 Å². The maximum atomic E-state index is 4.55. The zero-order valence-corrected chi connectivity index (χ0v) is 10.8. The van der Waals surface area contributed by atoms with Crippen molar-refractivity contribution in [2.45, 2.75) is 39.7 Å². The van der Waals surface area contributed by atoms with Crippen molar-refractivity contribution in [2.75, 3.05) is 13.1 Å². The lowest BCUT2D eigenvalue weighted by atomic mass is 10.0. The zero-order valence-electron chi connectivity index (χ0n) is 10.8. The molecule has 0 radical (unpaired) electrons. The lowest BCUT2D eigenvalue weighted by Gasteiger charge is -2.20. The second kappa shape index (κ2) is 5.88. The van der Waals surface area contributed by atoms with Crippen LogP contribution in [0.1, 0.15) is 38.2 Å². The molecule has 0 bridgehead atoms. The van der Waals surface area contributed by atoms with Gasteiger partial charge in [-0.15, -0.1) is 0 Å². The number of nitrogens with zero attached hydrogens (tertiary/aromatic N) is 2. The van der Waals surface area contributed by atoms with E-state index in [1.807, 2.05) is 13.8 Å². The molecule has 1 aromatic rings. The number of aromatic nitrogens is 2. The topological polar surface area (TPSA) is 29.9 Å². The Bertz CT molecular complexity index is 395. The second-order valence-corrected chi connectivity index (χ2v) is 4.32. The van der Waals surface area contributed by atoms with Gasteiger partial charge in [-0.05, 0) is 18.8 Å². The predicted molar refractivity (Wildman–Crippen MR) is 69.8 cm³/mol. The molecule has 3 rings (SSSR count). The van der Waals surface area contributed by atoms with Crippen LogP contribution in [0, 0.1) is 17.8 Å². The molecule has 1 saturated heterocycles. The Morgan fingerprint density at radius 2 is 2.18 bits per heavy atom. The standard InChI is InChI=1S/C12H15N3.C2H6/c1-2-6-15-9-11(14-12(15)3-1)5-4-10-7-13-8-10;1-2/h9-10,13H,1-3,6-8H2;1-2H3. The quantitative estimate of drug-likeness (QED) is 0.690. The van der Waals surface area contributed by atoms with Gasteiger partial charge in [0.25, 0.3) is 0 Å². The highest BCUT2D eigenvalue weighted by Crippen LogP contribution is 2.14. The number of nitrogens with one attached hydrogen (secondary N) is 1. The van der Waals surface area contributed by atoms with E-state index in [9.17, 15) is 0 Å². The van der Waals surface area contributed by atoms with E-state index in [0.717, 1.165) is 31.7 Å². The zero-order chi connectivity index (χ0) is 12.1. The predicted octanol–water partition coefficient (Wildman–Crippen LogP) is 1.82. The lowest BCUT2D eigenvalue weighted by molar-refractivity contribution is 0.432. The molecule has 2 aliphatic rings. The van der Waals surface area contributed by atoms with Crippen LogP contribution in [-0.2, 0) is 13.0 Å². The molecule has 3 heteroatoms. The molecule has 0 aromatic carbocycles. The van der Waals surface area contributed by atoms with E-state index in [2.05, 4.69) is 32.9 Å². The molecule has 3 heterocycles. The van der Waals surface area contributed by atoms with E-state index < -0.39 is 0 Å². The molecule has 1 fully saturated rings. The van der Waals surface area contributed by atoms with Crippen molar-refractivity contribution in [3.8, 4) is 11.8 Å². The summed E-state index contributed by atoms with van der Waals surface area (Å²) in [6.45, 7) is 7.20. The molecular formula is C14H21N3. The van der Waals surface area contributed by atoms with Crippen molar-refractivity contribution in [1.29, 1.82) is 0 Å². The van der Waals surface area contributed by atoms with Gasteiger partial charge in [0.15, 0.2) is 0 Å². The summed E-state index contributed by atoms with van der Waals surface area (Å²) in [5, 5.41) is 3.22. The first-order valence-electron chi connectivity index (χ1n) is 6.70. The second-order valence-electron chi connectivity index (χ2n) is 4.32. The molecule has 0 atom stereocenters. The van der Waals surface area contributed by atoms with Gasteiger partial charge >= 0.3 is 0 Å². The first-order chi connectivity index (χ1) is 8.42. The highest BCUT2D eigenvalue weighted by atomic mass is 15.1. The third-order valence-electron chi connectivity index (χ3n) is 3.09. The fraction of sp³-hybridized carbons (Fsp3) is 0.643. The van der Waals surface area contributed by atoms with Crippen LogP contribution in [0.4, 0.5) is 0 Å². The van der Waals surface area contributed by atoms with Gasteiger partial charge in [0.2, 0.25) is 0 Å². The number of fused-ring (bicyclic) bond motifs is 1. The molecule has 2 aliphatic heterocycles. The smallest absolute Gasteiger partial charge is 0.131 e. The SMILES string of the molecule is C(#CC1CNC1)c1cn2c(n1)CCCC2.CC. The minimum Gasteiger partial charge on any atom is -0.334 e. The Labute approximate surface area is 104 Å². The van der Waals surface area contributed by atoms with Crippen LogP contribution in [0.5, 0.6) is 0 Å². The van der Waals surface area contributed by atoms with Crippen LogP contribution in [0.25, 0.3) is 0 Å². The van der Waals surface area contributed by atoms with Gasteiger partial charge in [0, 0.05) is 38.2 Å². The van der Waals surface area contributed by atoms with Gasteiger partial charge in [0.05, 0.1) is 0 Å². The molecular weight excluding hydrogens is 210 g/mol. The molecule has 92 valence electrons. The fourth-order valence-corrected chi connectivity index (χ4v) is 2.04. The van der Waals surface area contributed by atoms with Gasteiger partial charge in [-0.3, -0.25) is 0 Å². The molecule has 3 nitrogen and oxygen atoms in total. The van der Waals surface area contributed by atoms with Crippen LogP contribution in [-0.4, -0.2) is 22.6 Å². The van der Waals surface area contributed by atoms with Gasteiger partial charge in [-0.2, -0.15) is 0 Å². The Balaban J connectivity index is 0.000000514. The highest BCUT2D eigenvalue weighted by Gasteiger charge is 2.14. The molecule has 0 unspecified atom stereocenters. The molecule has 17 heavy (non-hydrogen) atoms. The van der Waals surface area contributed by atoms with E-state index in [1.165, 1.54) is 18.7 Å². The molecule has 0 amide bonds. The average Bonchev–Trinajstić information content (AvgIpc) is 2.72. The van der Waals surface area contributed by atoms with Crippen molar-refractivity contribution in [2.24, 2.45) is 5.92 Å². The molecule has 1 N–H and O–H groups in total. The van der Waals surface area contributed by atoms with Gasteiger partial charge < -0.3 is 9.88 Å². The summed E-state index contributed by atoms with van der Waals surface area (Å²) < 4.78 is 2.26. The van der Waals surface area contributed by atoms with E-state index in [1.54, 1.807) is 0 Å². The molecule has 1 aromatic heterocycles. The maximum absolute atomic E-state index is 4.55. The summed E-state index contributed by atoms with van der Waals surface area (Å²) in [4.78, 5) is 4.55. The average molecular weight is 231 g/mol. The van der Waals surface area contributed by atoms with Crippen molar-refractivity contribution < 1.29 is 0 Å². The third kappa shape index (κ3) is 2.89. The summed E-state index contributed by atoms with van der Waals surface area (Å²) >= 11 is 0. The van der Waals surface area contributed by atoms with Crippen molar-refractivity contribution in [1.82, 2.24) is 14.9 Å². The van der Waals surface area contributed by atoms with E-state index in [-0.39, 0.29) is 0 Å². The van der Waals surface area contributed by atoms with Crippen LogP contribution in [0.15, 0.2) is 6.20 Å². The summed E-state index contributed by atoms with van der Waals surface area (Å²) in [6, 6.07) is 0. The minimum atomic E-state index is 0.545. The van der Waals surface area contributed by atoms with Crippen LogP contribution in [0.2, 0.25) is 0 Å². The van der Waals surface area contributed by atoms with E-state index in [4.69, 9.17) is 0 Å². The summed E-state index contributed by atoms with van der Waals surface area (Å²) in [7, 11) is 0. The lowest BCUT2D eigenvalue weighted by Crippen LogP contribution is -2.40. The largest absolute Gasteiger partial charge is 0.334 e. The molecule has 0 saturated carbocycles. The molecule has 0 spiro atoms. The molecule has 0 aliphatic carbocycles. The van der Waals surface area contributed by atoms with E-state index >= 15 is 0 Å². The normalized spacial score (nSPS) is 18.0. The van der Waals surface area contributed by atoms with Crippen molar-refractivity contribution in [3.63, 3.8) is 0 Å². The number of aryl methyl sites for hydroxylation is 2. The Morgan fingerprint density at radius 3 is 2.82 bits per heavy atom. The number of hydrogen-bond acceptors (Lipinski definition) is 2. The summed E-state index contributed by atoms with van der Waals surface area (Å²) in [5.74, 6) is 8.20. The number of imidazole rings is 1. The summed E-state index contributed by atoms with van der Waals surface area (Å²) in [6.07, 6.45) is 5.78. The van der Waals surface area contributed by atoms with Gasteiger partial charge in [-0.1, -0.05) is 19.8 Å². The highest BCUT2D eigenvalue weighted by molar-refractivity contribution is 5.28. The van der Waals surface area contributed by atoms with Crippen molar-refractivity contribution >= 4 is 0 Å². The first-order valence-corrected chi connectivity index (χ1v) is 6.70. The Morgan fingerprint density at radius 1 is 1.35 bits per heavy atom. The van der Waals surface area contributed by atoms with Crippen LogP contribution in [0.3, 0.4) is 0 Å². The van der Waals surface area contributed by atoms with Gasteiger partial charge in [-0.25, -0.2) is 4.98 Å². The minimum absolute atomic E-state index is 0.545. The van der Waals surface area contributed by atoms with E-state index in [0.29, 0.717) is 5.92 Å². The third-order valence-corrected chi connectivity index (χ3v) is 3.09. The van der Waals surface area contributed by atoms with Crippen LogP contribution < -0.4 is 5.32 Å². The monoisotopic (exact) mass is 231 g/mol. The van der Waals surface area contributed by atoms with Crippen LogP contribution >= 0.6 is 0 Å². The Kier molecular flexibility index (Phi) is 4.22.